The lowest BCUT2D eigenvalue weighted by Gasteiger charge is -2.14. The third kappa shape index (κ3) is 6.24. The number of amides is 1. The van der Waals surface area contributed by atoms with E-state index in [1.807, 2.05) is 0 Å². The number of ether oxygens (including phenoxy) is 2. The van der Waals surface area contributed by atoms with E-state index in [-0.39, 0.29) is 27.9 Å². The lowest BCUT2D eigenvalue weighted by Crippen LogP contribution is -2.16. The fourth-order valence-corrected chi connectivity index (χ4v) is 4.45. The predicted molar refractivity (Wildman–Crippen MR) is 125 cm³/mol. The van der Waals surface area contributed by atoms with Crippen molar-refractivity contribution in [3.63, 3.8) is 0 Å². The van der Waals surface area contributed by atoms with Gasteiger partial charge in [0.25, 0.3) is 15.9 Å². The van der Waals surface area contributed by atoms with Crippen LogP contribution in [-0.4, -0.2) is 27.4 Å². The third-order valence-corrected chi connectivity index (χ3v) is 6.34. The van der Waals surface area contributed by atoms with E-state index >= 15 is 0 Å². The second-order valence-electron chi connectivity index (χ2n) is 6.88. The molecule has 0 fully saturated rings. The van der Waals surface area contributed by atoms with Crippen LogP contribution in [0.2, 0.25) is 5.02 Å². The number of hydrogen-bond acceptors (Lipinski definition) is 6. The summed E-state index contributed by atoms with van der Waals surface area (Å²) in [4.78, 5) is 23.3. The largest absolute Gasteiger partial charge is 0.495 e. The zero-order valence-corrected chi connectivity index (χ0v) is 19.4. The molecule has 172 valence electrons. The zero-order valence-electron chi connectivity index (χ0n) is 17.8. The van der Waals surface area contributed by atoms with Crippen LogP contribution in [0.5, 0.6) is 5.75 Å². The Labute approximate surface area is 196 Å². The SMILES string of the molecule is COc1ccccc1NS(=O)(=O)c1cc(NC(=O)c2ccc(COC(C)=O)cc2)ccc1Cl. The van der Waals surface area contributed by atoms with E-state index in [9.17, 15) is 18.0 Å². The van der Waals surface area contributed by atoms with Gasteiger partial charge in [-0.25, -0.2) is 8.42 Å². The summed E-state index contributed by atoms with van der Waals surface area (Å²) in [7, 11) is -2.64. The number of nitrogens with one attached hydrogen (secondary N) is 2. The van der Waals surface area contributed by atoms with Crippen LogP contribution in [0.15, 0.2) is 71.6 Å². The van der Waals surface area contributed by atoms with Crippen molar-refractivity contribution in [2.45, 2.75) is 18.4 Å². The molecular formula is C23H21ClN2O6S. The van der Waals surface area contributed by atoms with Crippen molar-refractivity contribution in [3.05, 3.63) is 82.9 Å². The van der Waals surface area contributed by atoms with Crippen molar-refractivity contribution in [2.24, 2.45) is 0 Å². The lowest BCUT2D eigenvalue weighted by atomic mass is 10.1. The number of carbonyl (C=O) groups excluding carboxylic acids is 2. The van der Waals surface area contributed by atoms with E-state index in [4.69, 9.17) is 21.1 Å². The van der Waals surface area contributed by atoms with Crippen molar-refractivity contribution >= 4 is 44.9 Å². The molecule has 1 amide bonds. The van der Waals surface area contributed by atoms with Gasteiger partial charge in [0.1, 0.15) is 17.3 Å². The number of anilines is 2. The van der Waals surface area contributed by atoms with Gasteiger partial charge in [0.05, 0.1) is 17.8 Å². The molecule has 0 heterocycles. The fourth-order valence-electron chi connectivity index (χ4n) is 2.86. The second kappa shape index (κ2) is 10.4. The van der Waals surface area contributed by atoms with Crippen molar-refractivity contribution < 1.29 is 27.5 Å². The van der Waals surface area contributed by atoms with Gasteiger partial charge < -0.3 is 14.8 Å². The van der Waals surface area contributed by atoms with E-state index in [0.29, 0.717) is 11.3 Å². The maximum absolute atomic E-state index is 12.9. The number of esters is 1. The van der Waals surface area contributed by atoms with Gasteiger partial charge in [-0.1, -0.05) is 35.9 Å². The van der Waals surface area contributed by atoms with Crippen molar-refractivity contribution in [3.8, 4) is 5.75 Å². The summed E-state index contributed by atoms with van der Waals surface area (Å²) in [6.07, 6.45) is 0. The van der Waals surface area contributed by atoms with Crippen molar-refractivity contribution in [1.29, 1.82) is 0 Å². The van der Waals surface area contributed by atoms with Crippen LogP contribution in [-0.2, 0) is 26.2 Å². The number of benzene rings is 3. The second-order valence-corrected chi connectivity index (χ2v) is 8.94. The van der Waals surface area contributed by atoms with Gasteiger partial charge in [-0.2, -0.15) is 0 Å². The molecule has 0 aliphatic heterocycles. The normalized spacial score (nSPS) is 10.9. The van der Waals surface area contributed by atoms with Crippen LogP contribution in [0.3, 0.4) is 0 Å². The average Bonchev–Trinajstić information content (AvgIpc) is 2.79. The Hall–Kier alpha value is -3.56. The van der Waals surface area contributed by atoms with E-state index in [1.165, 1.54) is 32.2 Å². The van der Waals surface area contributed by atoms with Crippen LogP contribution < -0.4 is 14.8 Å². The number of hydrogen-bond donors (Lipinski definition) is 2. The number of rotatable bonds is 8. The van der Waals surface area contributed by atoms with Crippen LogP contribution in [0.25, 0.3) is 0 Å². The molecule has 33 heavy (non-hydrogen) atoms. The summed E-state index contributed by atoms with van der Waals surface area (Å²) < 4.78 is 38.4. The molecule has 0 aromatic heterocycles. The van der Waals surface area contributed by atoms with Crippen LogP contribution >= 0.6 is 11.6 Å². The molecule has 8 nitrogen and oxygen atoms in total. The first-order valence-corrected chi connectivity index (χ1v) is 11.5. The van der Waals surface area contributed by atoms with Crippen LogP contribution in [0.4, 0.5) is 11.4 Å². The van der Waals surface area contributed by atoms with Gasteiger partial charge >= 0.3 is 5.97 Å². The Morgan fingerprint density at radius 1 is 1.00 bits per heavy atom. The molecule has 0 aliphatic rings. The highest BCUT2D eigenvalue weighted by molar-refractivity contribution is 7.92. The summed E-state index contributed by atoms with van der Waals surface area (Å²) in [5.41, 5.74) is 1.56. The number of sulfonamides is 1. The topological polar surface area (TPSA) is 111 Å². The molecule has 0 aliphatic carbocycles. The molecule has 3 aromatic carbocycles. The van der Waals surface area contributed by atoms with E-state index < -0.39 is 21.9 Å². The smallest absolute Gasteiger partial charge is 0.302 e. The summed E-state index contributed by atoms with van der Waals surface area (Å²) in [5, 5.41) is 2.65. The highest BCUT2D eigenvalue weighted by Crippen LogP contribution is 2.30. The van der Waals surface area contributed by atoms with E-state index in [1.54, 1.807) is 48.5 Å². The summed E-state index contributed by atoms with van der Waals surface area (Å²) in [5.74, 6) is -0.498. The molecule has 10 heteroatoms. The number of halogens is 1. The molecule has 3 rings (SSSR count). The molecule has 2 N–H and O–H groups in total. The molecule has 0 radical (unpaired) electrons. The first-order chi connectivity index (χ1) is 15.7. The zero-order chi connectivity index (χ0) is 24.0. The Morgan fingerprint density at radius 3 is 2.36 bits per heavy atom. The molecule has 3 aromatic rings. The van der Waals surface area contributed by atoms with Crippen molar-refractivity contribution in [1.82, 2.24) is 0 Å². The Balaban J connectivity index is 1.78. The average molecular weight is 489 g/mol. The highest BCUT2D eigenvalue weighted by Gasteiger charge is 2.21. The maximum atomic E-state index is 12.9. The monoisotopic (exact) mass is 488 g/mol. The Bertz CT molecular complexity index is 1280. The third-order valence-electron chi connectivity index (χ3n) is 4.49. The molecule has 0 unspecified atom stereocenters. The number of para-hydroxylation sites is 2. The van der Waals surface area contributed by atoms with Gasteiger partial charge in [0.15, 0.2) is 0 Å². The first kappa shape index (κ1) is 24.1. The van der Waals surface area contributed by atoms with Crippen LogP contribution in [0.1, 0.15) is 22.8 Å². The summed E-state index contributed by atoms with van der Waals surface area (Å²) in [6.45, 7) is 1.42. The van der Waals surface area contributed by atoms with Crippen LogP contribution in [0, 0.1) is 0 Å². The summed E-state index contributed by atoms with van der Waals surface area (Å²) >= 11 is 6.14. The summed E-state index contributed by atoms with van der Waals surface area (Å²) in [6, 6.07) is 17.2. The molecule has 0 bridgehead atoms. The number of methoxy groups -OCH3 is 1. The van der Waals surface area contributed by atoms with Crippen molar-refractivity contribution in [2.75, 3.05) is 17.1 Å². The minimum atomic E-state index is -4.07. The fraction of sp³-hybridized carbons (Fsp3) is 0.130. The van der Waals surface area contributed by atoms with Gasteiger partial charge in [-0.15, -0.1) is 0 Å². The number of carbonyl (C=O) groups is 2. The lowest BCUT2D eigenvalue weighted by molar-refractivity contribution is -0.142. The molecule has 0 atom stereocenters. The first-order valence-electron chi connectivity index (χ1n) is 9.68. The standard InChI is InChI=1S/C23H21ClN2O6S/c1-15(27)32-14-16-7-9-17(10-8-16)23(28)25-18-11-12-19(24)22(13-18)33(29,30)26-20-5-3-4-6-21(20)31-2/h3-13,26H,14H2,1-2H3,(H,25,28). The molecule has 0 spiro atoms. The highest BCUT2D eigenvalue weighted by atomic mass is 35.5. The predicted octanol–water partition coefficient (Wildman–Crippen LogP) is 4.46. The van der Waals surface area contributed by atoms with E-state index in [0.717, 1.165) is 5.56 Å². The van der Waals surface area contributed by atoms with Gasteiger partial charge in [0, 0.05) is 18.2 Å². The Kier molecular flexibility index (Phi) is 7.57. The maximum Gasteiger partial charge on any atom is 0.302 e. The van der Waals surface area contributed by atoms with Gasteiger partial charge in [-0.05, 0) is 48.0 Å². The molecule has 0 saturated heterocycles. The quantitative estimate of drug-likeness (QED) is 0.453. The van der Waals surface area contributed by atoms with Gasteiger partial charge in [0.2, 0.25) is 0 Å². The van der Waals surface area contributed by atoms with E-state index in [2.05, 4.69) is 10.0 Å². The molecular weight excluding hydrogens is 468 g/mol. The minimum absolute atomic E-state index is 0.00905. The minimum Gasteiger partial charge on any atom is -0.495 e. The Morgan fingerprint density at radius 2 is 1.70 bits per heavy atom. The molecule has 0 saturated carbocycles. The van der Waals surface area contributed by atoms with Gasteiger partial charge in [-0.3, -0.25) is 14.3 Å².